The molecule has 0 saturated heterocycles. The van der Waals surface area contributed by atoms with Gasteiger partial charge in [0, 0.05) is 22.2 Å². The average molecular weight is 417 g/mol. The van der Waals surface area contributed by atoms with E-state index in [-0.39, 0.29) is 11.6 Å². The standard InChI is InChI=1S/C24H17ClN2O3/c1-16-7-12-21(15-22(16)27(29)30)26-23(18-5-3-2-4-6-18)14-19(24(26)28)13-17-8-10-20(25)11-9-17/h2-15H,1H3. The molecule has 0 saturated carbocycles. The highest BCUT2D eigenvalue weighted by atomic mass is 35.5. The predicted octanol–water partition coefficient (Wildman–Crippen LogP) is 6.03. The van der Waals surface area contributed by atoms with Crippen molar-refractivity contribution in [3.05, 3.63) is 116 Å². The second-order valence-corrected chi connectivity index (χ2v) is 7.35. The molecule has 0 unspecified atom stereocenters. The van der Waals surface area contributed by atoms with Crippen LogP contribution in [0.3, 0.4) is 0 Å². The van der Waals surface area contributed by atoms with Gasteiger partial charge >= 0.3 is 0 Å². The largest absolute Gasteiger partial charge is 0.276 e. The number of nitro groups is 1. The number of halogens is 1. The van der Waals surface area contributed by atoms with Crippen LogP contribution in [0.2, 0.25) is 5.02 Å². The molecule has 6 heteroatoms. The van der Waals surface area contributed by atoms with Crippen LogP contribution >= 0.6 is 11.6 Å². The molecular weight excluding hydrogens is 400 g/mol. The van der Waals surface area contributed by atoms with Crippen molar-refractivity contribution in [2.75, 3.05) is 4.90 Å². The van der Waals surface area contributed by atoms with E-state index in [1.54, 1.807) is 43.3 Å². The molecule has 3 aromatic carbocycles. The van der Waals surface area contributed by atoms with E-state index in [0.29, 0.717) is 27.5 Å². The Balaban J connectivity index is 1.84. The summed E-state index contributed by atoms with van der Waals surface area (Å²) in [4.78, 5) is 25.8. The lowest BCUT2D eigenvalue weighted by molar-refractivity contribution is -0.385. The minimum Gasteiger partial charge on any atom is -0.276 e. The minimum absolute atomic E-state index is 0.0251. The van der Waals surface area contributed by atoms with E-state index < -0.39 is 4.92 Å². The number of rotatable bonds is 4. The maximum absolute atomic E-state index is 13.3. The van der Waals surface area contributed by atoms with Gasteiger partial charge in [0.2, 0.25) is 0 Å². The van der Waals surface area contributed by atoms with Gasteiger partial charge in [-0.2, -0.15) is 0 Å². The van der Waals surface area contributed by atoms with E-state index in [1.807, 2.05) is 42.5 Å². The molecule has 0 radical (unpaired) electrons. The maximum Gasteiger partial charge on any atom is 0.274 e. The number of aryl methyl sites for hydroxylation is 1. The number of carbonyl (C=O) groups is 1. The third kappa shape index (κ3) is 3.75. The quantitative estimate of drug-likeness (QED) is 0.296. The fourth-order valence-electron chi connectivity index (χ4n) is 3.37. The van der Waals surface area contributed by atoms with E-state index in [2.05, 4.69) is 0 Å². The van der Waals surface area contributed by atoms with Gasteiger partial charge in [-0.1, -0.05) is 60.1 Å². The highest BCUT2D eigenvalue weighted by Crippen LogP contribution is 2.37. The first kappa shape index (κ1) is 19.6. The topological polar surface area (TPSA) is 63.5 Å². The Bertz CT molecular complexity index is 1200. The number of anilines is 1. The lowest BCUT2D eigenvalue weighted by Gasteiger charge is -2.21. The molecule has 1 amide bonds. The zero-order valence-corrected chi connectivity index (χ0v) is 16.8. The van der Waals surface area contributed by atoms with Crippen LogP contribution in [0.1, 0.15) is 16.7 Å². The van der Waals surface area contributed by atoms with Crippen LogP contribution in [0.25, 0.3) is 11.8 Å². The summed E-state index contributed by atoms with van der Waals surface area (Å²) < 4.78 is 0. The first-order valence-electron chi connectivity index (χ1n) is 9.28. The van der Waals surface area contributed by atoms with E-state index in [9.17, 15) is 14.9 Å². The highest BCUT2D eigenvalue weighted by molar-refractivity contribution is 6.30. The summed E-state index contributed by atoms with van der Waals surface area (Å²) in [6.45, 7) is 1.67. The van der Waals surface area contributed by atoms with Crippen LogP contribution in [-0.4, -0.2) is 10.8 Å². The van der Waals surface area contributed by atoms with Crippen molar-refractivity contribution in [1.82, 2.24) is 0 Å². The molecule has 1 aliphatic heterocycles. The van der Waals surface area contributed by atoms with Gasteiger partial charge in [0.05, 0.1) is 16.3 Å². The van der Waals surface area contributed by atoms with E-state index >= 15 is 0 Å². The van der Waals surface area contributed by atoms with Crippen LogP contribution in [0.5, 0.6) is 0 Å². The monoisotopic (exact) mass is 416 g/mol. The summed E-state index contributed by atoms with van der Waals surface area (Å²) in [6, 6.07) is 21.5. The zero-order chi connectivity index (χ0) is 21.3. The summed E-state index contributed by atoms with van der Waals surface area (Å²) in [6.07, 6.45) is 3.59. The second kappa shape index (κ2) is 7.97. The molecule has 1 heterocycles. The van der Waals surface area contributed by atoms with E-state index in [0.717, 1.165) is 11.1 Å². The summed E-state index contributed by atoms with van der Waals surface area (Å²) in [5.41, 5.74) is 3.79. The number of nitro benzene ring substituents is 1. The molecule has 0 N–H and O–H groups in total. The fraction of sp³-hybridized carbons (Fsp3) is 0.0417. The Kier molecular flexibility index (Phi) is 5.21. The first-order valence-corrected chi connectivity index (χ1v) is 9.66. The summed E-state index contributed by atoms with van der Waals surface area (Å²) >= 11 is 5.95. The van der Waals surface area contributed by atoms with Gasteiger partial charge in [0.25, 0.3) is 11.6 Å². The SMILES string of the molecule is Cc1ccc(N2C(=O)C(=Cc3ccc(Cl)cc3)C=C2c2ccccc2)cc1[N+](=O)[O-]. The molecule has 0 aliphatic carbocycles. The van der Waals surface area contributed by atoms with Gasteiger partial charge in [-0.3, -0.25) is 19.8 Å². The smallest absolute Gasteiger partial charge is 0.274 e. The van der Waals surface area contributed by atoms with Crippen molar-refractivity contribution in [3.8, 4) is 0 Å². The lowest BCUT2D eigenvalue weighted by Crippen LogP contribution is -2.25. The molecule has 0 spiro atoms. The van der Waals surface area contributed by atoms with Crippen molar-refractivity contribution in [1.29, 1.82) is 0 Å². The van der Waals surface area contributed by atoms with Crippen LogP contribution in [0.15, 0.2) is 84.4 Å². The van der Waals surface area contributed by atoms with Gasteiger partial charge in [0.1, 0.15) is 0 Å². The molecule has 0 bridgehead atoms. The third-order valence-corrected chi connectivity index (χ3v) is 5.14. The minimum atomic E-state index is -0.435. The van der Waals surface area contributed by atoms with Crippen LogP contribution in [0.4, 0.5) is 11.4 Å². The molecule has 0 fully saturated rings. The molecule has 30 heavy (non-hydrogen) atoms. The molecule has 0 aromatic heterocycles. The van der Waals surface area contributed by atoms with E-state index in [4.69, 9.17) is 11.6 Å². The summed E-state index contributed by atoms with van der Waals surface area (Å²) in [7, 11) is 0. The number of amides is 1. The number of carbonyl (C=O) groups excluding carboxylic acids is 1. The third-order valence-electron chi connectivity index (χ3n) is 4.89. The molecule has 0 atom stereocenters. The fourth-order valence-corrected chi connectivity index (χ4v) is 3.49. The van der Waals surface area contributed by atoms with Crippen LogP contribution in [-0.2, 0) is 4.79 Å². The Morgan fingerprint density at radius 3 is 2.37 bits per heavy atom. The van der Waals surface area contributed by atoms with Gasteiger partial charge in [-0.25, -0.2) is 0 Å². The molecule has 3 aromatic rings. The van der Waals surface area contributed by atoms with Gasteiger partial charge < -0.3 is 0 Å². The van der Waals surface area contributed by atoms with Crippen molar-refractivity contribution >= 4 is 40.7 Å². The number of nitrogens with zero attached hydrogens (tertiary/aromatic N) is 2. The summed E-state index contributed by atoms with van der Waals surface area (Å²) in [5, 5.41) is 12.0. The highest BCUT2D eigenvalue weighted by Gasteiger charge is 2.31. The Morgan fingerprint density at radius 1 is 1.00 bits per heavy atom. The summed E-state index contributed by atoms with van der Waals surface area (Å²) in [5.74, 6) is -0.248. The molecule has 5 nitrogen and oxygen atoms in total. The Morgan fingerprint density at radius 2 is 1.70 bits per heavy atom. The number of hydrogen-bond acceptors (Lipinski definition) is 3. The number of benzene rings is 3. The molecule has 148 valence electrons. The maximum atomic E-state index is 13.3. The average Bonchev–Trinajstić information content (AvgIpc) is 3.07. The first-order chi connectivity index (χ1) is 14.4. The molecular formula is C24H17ClN2O3. The van der Waals surface area contributed by atoms with Crippen molar-refractivity contribution < 1.29 is 9.72 Å². The van der Waals surface area contributed by atoms with Crippen molar-refractivity contribution in [2.24, 2.45) is 0 Å². The Labute approximate surface area is 178 Å². The zero-order valence-electron chi connectivity index (χ0n) is 16.1. The van der Waals surface area contributed by atoms with Gasteiger partial charge in [-0.05, 0) is 48.4 Å². The Hall–Kier alpha value is -3.70. The van der Waals surface area contributed by atoms with Crippen LogP contribution in [0, 0.1) is 17.0 Å². The normalized spacial score (nSPS) is 14.9. The lowest BCUT2D eigenvalue weighted by atomic mass is 10.1. The van der Waals surface area contributed by atoms with Crippen molar-refractivity contribution in [2.45, 2.75) is 6.92 Å². The molecule has 4 rings (SSSR count). The van der Waals surface area contributed by atoms with Crippen molar-refractivity contribution in [3.63, 3.8) is 0 Å². The van der Waals surface area contributed by atoms with E-state index in [1.165, 1.54) is 11.0 Å². The van der Waals surface area contributed by atoms with Gasteiger partial charge in [0.15, 0.2) is 0 Å². The second-order valence-electron chi connectivity index (χ2n) is 6.92. The predicted molar refractivity (Wildman–Crippen MR) is 119 cm³/mol. The molecule has 1 aliphatic rings. The van der Waals surface area contributed by atoms with Crippen LogP contribution < -0.4 is 4.90 Å². The van der Waals surface area contributed by atoms with Gasteiger partial charge in [-0.15, -0.1) is 0 Å². The number of hydrogen-bond donors (Lipinski definition) is 0.